The molecule has 1 aliphatic rings. The van der Waals surface area contributed by atoms with Crippen LogP contribution in [-0.2, 0) is 14.9 Å². The van der Waals surface area contributed by atoms with Gasteiger partial charge in [0.1, 0.15) is 0 Å². The van der Waals surface area contributed by atoms with E-state index in [-0.39, 0.29) is 5.90 Å². The van der Waals surface area contributed by atoms with E-state index in [1.165, 1.54) is 11.4 Å². The summed E-state index contributed by atoms with van der Waals surface area (Å²) in [7, 11) is -2.18. The molecule has 0 unspecified atom stereocenters. The largest absolute Gasteiger partial charge is 0.480 e. The van der Waals surface area contributed by atoms with Crippen LogP contribution in [0, 0.1) is 0 Å². The molecule has 1 heterocycles. The lowest BCUT2D eigenvalue weighted by molar-refractivity contribution is 0.399. The Morgan fingerprint density at radius 1 is 1.53 bits per heavy atom. The van der Waals surface area contributed by atoms with Gasteiger partial charge in [0.05, 0.1) is 7.11 Å². The molecule has 86 valence electrons. The van der Waals surface area contributed by atoms with Crippen molar-refractivity contribution in [1.29, 1.82) is 0 Å². The number of ether oxygens (including phenoxy) is 1. The second-order valence-electron chi connectivity index (χ2n) is 3.32. The molecule has 5 nitrogen and oxygen atoms in total. The second kappa shape index (κ2) is 4.65. The van der Waals surface area contributed by atoms with Crippen molar-refractivity contribution < 1.29 is 13.2 Å². The maximum absolute atomic E-state index is 11.7. The van der Waals surface area contributed by atoms with Gasteiger partial charge in [0, 0.05) is 18.3 Å². The molecule has 0 spiro atoms. The summed E-state index contributed by atoms with van der Waals surface area (Å²) in [6.45, 7) is 4.22. The lowest BCUT2D eigenvalue weighted by atomic mass is 10.3. The molecule has 0 aromatic rings. The first-order chi connectivity index (χ1) is 7.01. The molecule has 0 bridgehead atoms. The molecule has 1 aliphatic heterocycles. The van der Waals surface area contributed by atoms with Gasteiger partial charge in [0.2, 0.25) is 5.90 Å². The molecule has 0 aromatic carbocycles. The monoisotopic (exact) mass is 232 g/mol. The first-order valence-corrected chi connectivity index (χ1v) is 6.26. The third-order valence-corrected chi connectivity index (χ3v) is 3.57. The van der Waals surface area contributed by atoms with Gasteiger partial charge in [-0.2, -0.15) is 8.42 Å². The molecule has 0 aromatic heterocycles. The van der Waals surface area contributed by atoms with Crippen molar-refractivity contribution in [3.8, 4) is 0 Å². The average molecular weight is 232 g/mol. The smallest absolute Gasteiger partial charge is 0.347 e. The van der Waals surface area contributed by atoms with E-state index in [1.54, 1.807) is 13.0 Å². The minimum atomic E-state index is -3.58. The van der Waals surface area contributed by atoms with Gasteiger partial charge < -0.3 is 4.74 Å². The van der Waals surface area contributed by atoms with E-state index in [4.69, 9.17) is 4.74 Å². The highest BCUT2D eigenvalue weighted by molar-refractivity contribution is 7.88. The van der Waals surface area contributed by atoms with Crippen LogP contribution in [0.5, 0.6) is 0 Å². The molecule has 0 N–H and O–H groups in total. The zero-order chi connectivity index (χ0) is 11.5. The lowest BCUT2D eigenvalue weighted by Gasteiger charge is -2.25. The molecule has 6 heteroatoms. The number of rotatable bonds is 3. The first kappa shape index (κ1) is 12.0. The van der Waals surface area contributed by atoms with Gasteiger partial charge in [-0.1, -0.05) is 13.3 Å². The summed E-state index contributed by atoms with van der Waals surface area (Å²) in [5.41, 5.74) is 0.648. The molecule has 0 radical (unpaired) electrons. The minimum Gasteiger partial charge on any atom is -0.480 e. The Morgan fingerprint density at radius 3 is 2.67 bits per heavy atom. The van der Waals surface area contributed by atoms with E-state index in [9.17, 15) is 8.42 Å². The highest BCUT2D eigenvalue weighted by Crippen LogP contribution is 2.18. The maximum atomic E-state index is 11.7. The van der Waals surface area contributed by atoms with Crippen LogP contribution in [0.4, 0.5) is 0 Å². The van der Waals surface area contributed by atoms with Crippen LogP contribution in [0.3, 0.4) is 0 Å². The summed E-state index contributed by atoms with van der Waals surface area (Å²) >= 11 is 0. The molecule has 1 rings (SSSR count). The van der Waals surface area contributed by atoms with Crippen molar-refractivity contribution in [3.63, 3.8) is 0 Å². The van der Waals surface area contributed by atoms with Crippen molar-refractivity contribution in [2.24, 2.45) is 4.40 Å². The highest BCUT2D eigenvalue weighted by Gasteiger charge is 2.26. The van der Waals surface area contributed by atoms with Crippen molar-refractivity contribution in [2.75, 3.05) is 13.7 Å². The number of hydrogen-bond donors (Lipinski definition) is 0. The Kier molecular flexibility index (Phi) is 3.73. The summed E-state index contributed by atoms with van der Waals surface area (Å²) in [5.74, 6) is 0.139. The molecule has 0 amide bonds. The van der Waals surface area contributed by atoms with Crippen molar-refractivity contribution >= 4 is 16.1 Å². The second-order valence-corrected chi connectivity index (χ2v) is 4.84. The fourth-order valence-electron chi connectivity index (χ4n) is 1.31. The van der Waals surface area contributed by atoms with Gasteiger partial charge in [-0.25, -0.2) is 0 Å². The molecule has 0 aliphatic carbocycles. The Hall–Kier alpha value is -1.04. The van der Waals surface area contributed by atoms with Crippen molar-refractivity contribution in [3.05, 3.63) is 11.8 Å². The topological polar surface area (TPSA) is 59.0 Å². The van der Waals surface area contributed by atoms with Gasteiger partial charge in [0.25, 0.3) is 0 Å². The fourth-order valence-corrected chi connectivity index (χ4v) is 2.54. The van der Waals surface area contributed by atoms with Gasteiger partial charge in [0.15, 0.2) is 0 Å². The predicted octanol–water partition coefficient (Wildman–Crippen LogP) is 1.30. The molecule has 0 saturated carbocycles. The molecular formula is C9H16N2O3S. The zero-order valence-corrected chi connectivity index (χ0v) is 10.0. The number of hydrogen-bond acceptors (Lipinski definition) is 3. The van der Waals surface area contributed by atoms with Gasteiger partial charge in [-0.15, -0.1) is 4.40 Å². The average Bonchev–Trinajstić information content (AvgIpc) is 2.15. The molecular weight excluding hydrogens is 216 g/mol. The summed E-state index contributed by atoms with van der Waals surface area (Å²) in [6, 6.07) is 0. The van der Waals surface area contributed by atoms with Crippen LogP contribution >= 0.6 is 0 Å². The summed E-state index contributed by atoms with van der Waals surface area (Å²) < 4.78 is 33.0. The van der Waals surface area contributed by atoms with Crippen LogP contribution in [0.1, 0.15) is 26.7 Å². The number of nitrogens with zero attached hydrogens (tertiary/aromatic N) is 2. The quantitative estimate of drug-likeness (QED) is 0.736. The highest BCUT2D eigenvalue weighted by atomic mass is 32.2. The summed E-state index contributed by atoms with van der Waals surface area (Å²) in [6.07, 6.45) is 3.39. The lowest BCUT2D eigenvalue weighted by Crippen LogP contribution is -2.33. The fraction of sp³-hybridized carbons (Fsp3) is 0.667. The van der Waals surface area contributed by atoms with E-state index in [2.05, 4.69) is 4.40 Å². The Labute approximate surface area is 90.6 Å². The minimum absolute atomic E-state index is 0.139. The van der Waals surface area contributed by atoms with E-state index in [1.807, 2.05) is 6.92 Å². The van der Waals surface area contributed by atoms with E-state index < -0.39 is 10.2 Å². The van der Waals surface area contributed by atoms with E-state index >= 15 is 0 Å². The Balaban J connectivity index is 2.93. The normalized spacial score (nSPS) is 19.5. The van der Waals surface area contributed by atoms with Crippen LogP contribution in [0.15, 0.2) is 16.2 Å². The first-order valence-electron chi connectivity index (χ1n) is 4.86. The molecule has 15 heavy (non-hydrogen) atoms. The molecule has 0 saturated heterocycles. The van der Waals surface area contributed by atoms with Crippen LogP contribution < -0.4 is 0 Å². The maximum Gasteiger partial charge on any atom is 0.347 e. The molecule has 0 atom stereocenters. The third kappa shape index (κ3) is 2.71. The van der Waals surface area contributed by atoms with Crippen LogP contribution in [-0.4, -0.2) is 32.3 Å². The Morgan fingerprint density at radius 2 is 2.20 bits per heavy atom. The van der Waals surface area contributed by atoms with E-state index in [0.717, 1.165) is 12.8 Å². The third-order valence-electron chi connectivity index (χ3n) is 2.13. The summed E-state index contributed by atoms with van der Waals surface area (Å²) in [4.78, 5) is 0. The standard InChI is InChI=1S/C9H16N2O3S/c1-4-5-6-11-8(2)7-9(14-3)10-15(11,12)13/h7H,4-6H2,1-3H3. The number of methoxy groups -OCH3 is 1. The SMILES string of the molecule is CCCCN1C(C)=CC(OC)=NS1(=O)=O. The summed E-state index contributed by atoms with van der Waals surface area (Å²) in [5, 5.41) is 0. The van der Waals surface area contributed by atoms with Gasteiger partial charge in [-0.05, 0) is 13.3 Å². The number of unbranched alkanes of at least 4 members (excludes halogenated alkanes) is 1. The van der Waals surface area contributed by atoms with Gasteiger partial charge >= 0.3 is 10.2 Å². The molecule has 0 fully saturated rings. The van der Waals surface area contributed by atoms with Gasteiger partial charge in [-0.3, -0.25) is 4.31 Å². The Bertz CT molecular complexity index is 384. The number of allylic oxidation sites excluding steroid dienone is 1. The zero-order valence-electron chi connectivity index (χ0n) is 9.23. The van der Waals surface area contributed by atoms with E-state index in [0.29, 0.717) is 12.2 Å². The predicted molar refractivity (Wildman–Crippen MR) is 58.7 cm³/mol. The van der Waals surface area contributed by atoms with Crippen LogP contribution in [0.2, 0.25) is 0 Å². The van der Waals surface area contributed by atoms with Crippen molar-refractivity contribution in [2.45, 2.75) is 26.7 Å². The van der Waals surface area contributed by atoms with Crippen LogP contribution in [0.25, 0.3) is 0 Å². The van der Waals surface area contributed by atoms with Crippen molar-refractivity contribution in [1.82, 2.24) is 4.31 Å².